The van der Waals surface area contributed by atoms with Gasteiger partial charge in [-0.2, -0.15) is 4.98 Å². The van der Waals surface area contributed by atoms with Crippen LogP contribution in [0.5, 0.6) is 0 Å². The summed E-state index contributed by atoms with van der Waals surface area (Å²) in [5.41, 5.74) is 5.08. The number of anilines is 1. The zero-order valence-corrected chi connectivity index (χ0v) is 12.7. The van der Waals surface area contributed by atoms with Gasteiger partial charge in [-0.15, -0.1) is 0 Å². The van der Waals surface area contributed by atoms with Crippen molar-refractivity contribution in [2.75, 3.05) is 5.73 Å². The summed E-state index contributed by atoms with van der Waals surface area (Å²) in [6, 6.07) is -0.184. The highest BCUT2D eigenvalue weighted by Gasteiger charge is 2.29. The van der Waals surface area contributed by atoms with Gasteiger partial charge in [0, 0.05) is 0 Å². The summed E-state index contributed by atoms with van der Waals surface area (Å²) in [6.45, 7) is 3.98. The highest BCUT2D eigenvalue weighted by Crippen LogP contribution is 2.26. The Hall–Kier alpha value is -2.45. The second-order valence-corrected chi connectivity index (χ2v) is 5.36. The first kappa shape index (κ1) is 15.9. The molecule has 0 bridgehead atoms. The second-order valence-electron chi connectivity index (χ2n) is 5.36. The molecule has 0 aliphatic rings. The van der Waals surface area contributed by atoms with Crippen LogP contribution in [0.15, 0.2) is 4.79 Å². The fourth-order valence-electron chi connectivity index (χ4n) is 2.52. The summed E-state index contributed by atoms with van der Waals surface area (Å²) in [5, 5.41) is 11.2. The molecule has 3 N–H and O–H groups in total. The molecule has 22 heavy (non-hydrogen) atoms. The van der Waals surface area contributed by atoms with Crippen LogP contribution in [0.3, 0.4) is 0 Å². The van der Waals surface area contributed by atoms with E-state index in [1.54, 1.807) is 0 Å². The summed E-state index contributed by atoms with van der Waals surface area (Å²) in [7, 11) is 0. The maximum absolute atomic E-state index is 11.8. The fourth-order valence-corrected chi connectivity index (χ4v) is 2.52. The van der Waals surface area contributed by atoms with Gasteiger partial charge in [-0.1, -0.05) is 37.6 Å². The zero-order chi connectivity index (χ0) is 16.3. The number of nitrogens with zero attached hydrogens (tertiary/aromatic N) is 4. The largest absolute Gasteiger partial charge is 0.437 e. The van der Waals surface area contributed by atoms with Gasteiger partial charge in [-0.25, -0.2) is 4.57 Å². The van der Waals surface area contributed by atoms with Gasteiger partial charge in [0.15, 0.2) is 0 Å². The van der Waals surface area contributed by atoms with Gasteiger partial charge in [-0.3, -0.25) is 9.78 Å². The summed E-state index contributed by atoms with van der Waals surface area (Å²) in [5.74, 6) is -0.451. The molecule has 0 aromatic carbocycles. The molecule has 0 radical (unpaired) electrons. The third-order valence-electron chi connectivity index (χ3n) is 3.63. The number of nitrogen functional groups attached to an aromatic ring is 1. The molecule has 1 unspecified atom stereocenters. The molecule has 0 fully saturated rings. The molecule has 0 saturated carbocycles. The van der Waals surface area contributed by atoms with E-state index in [2.05, 4.69) is 21.9 Å². The van der Waals surface area contributed by atoms with Gasteiger partial charge in [0.2, 0.25) is 11.6 Å². The molecule has 0 aliphatic heterocycles. The molecular formula is C13H20N6O3. The predicted molar refractivity (Wildman–Crippen MR) is 82.7 cm³/mol. The quantitative estimate of drug-likeness (QED) is 0.457. The first-order chi connectivity index (χ1) is 10.5. The van der Waals surface area contributed by atoms with E-state index in [1.807, 2.05) is 6.92 Å². The van der Waals surface area contributed by atoms with Gasteiger partial charge in [0.25, 0.3) is 11.1 Å². The van der Waals surface area contributed by atoms with Crippen molar-refractivity contribution in [3.8, 4) is 0 Å². The van der Waals surface area contributed by atoms with Gasteiger partial charge in [0.05, 0.1) is 6.04 Å². The molecule has 0 amide bonds. The average Bonchev–Trinajstić information content (AvgIpc) is 2.83. The smallest absolute Gasteiger partial charge is 0.390 e. The lowest BCUT2D eigenvalue weighted by molar-refractivity contribution is -0.396. The van der Waals surface area contributed by atoms with Crippen LogP contribution < -0.4 is 11.3 Å². The van der Waals surface area contributed by atoms with Gasteiger partial charge >= 0.3 is 5.95 Å². The first-order valence-corrected chi connectivity index (χ1v) is 7.37. The van der Waals surface area contributed by atoms with Crippen LogP contribution in [-0.4, -0.2) is 24.4 Å². The minimum Gasteiger partial charge on any atom is -0.390 e. The summed E-state index contributed by atoms with van der Waals surface area (Å²) in [6.07, 6.45) is 5.02. The van der Waals surface area contributed by atoms with Crippen molar-refractivity contribution in [2.24, 2.45) is 0 Å². The number of nitrogens with two attached hydrogens (primary N) is 1. The number of H-pyrrole nitrogens is 1. The highest BCUT2D eigenvalue weighted by molar-refractivity contribution is 5.73. The van der Waals surface area contributed by atoms with Crippen molar-refractivity contribution < 1.29 is 4.92 Å². The summed E-state index contributed by atoms with van der Waals surface area (Å²) in [4.78, 5) is 32.6. The van der Waals surface area contributed by atoms with E-state index in [4.69, 9.17) is 5.73 Å². The van der Waals surface area contributed by atoms with E-state index < -0.39 is 10.5 Å². The van der Waals surface area contributed by atoms with E-state index in [0.717, 1.165) is 32.1 Å². The lowest BCUT2D eigenvalue weighted by Crippen LogP contribution is -2.14. The monoisotopic (exact) mass is 308 g/mol. The SMILES string of the molecule is CCCCCCC(C)n1c([N+](=O)[O-])nc2c(=O)[nH]c(N)nc21. The van der Waals surface area contributed by atoms with Crippen molar-refractivity contribution in [3.05, 3.63) is 20.5 Å². The molecule has 2 aromatic heterocycles. The zero-order valence-electron chi connectivity index (χ0n) is 12.7. The maximum Gasteiger partial charge on any atom is 0.437 e. The van der Waals surface area contributed by atoms with E-state index in [9.17, 15) is 14.9 Å². The van der Waals surface area contributed by atoms with E-state index in [-0.39, 0.29) is 29.1 Å². The van der Waals surface area contributed by atoms with Crippen molar-refractivity contribution in [3.63, 3.8) is 0 Å². The number of nitro groups is 1. The lowest BCUT2D eigenvalue weighted by Gasteiger charge is -2.11. The van der Waals surface area contributed by atoms with Crippen LogP contribution in [0.1, 0.15) is 52.0 Å². The number of rotatable bonds is 7. The number of hydrogen-bond donors (Lipinski definition) is 2. The number of aromatic amines is 1. The number of aromatic nitrogens is 4. The van der Waals surface area contributed by atoms with Crippen molar-refractivity contribution in [2.45, 2.75) is 52.0 Å². The Labute approximate surface area is 126 Å². The van der Waals surface area contributed by atoms with Crippen LogP contribution in [0.4, 0.5) is 11.9 Å². The van der Waals surface area contributed by atoms with Crippen molar-refractivity contribution in [1.29, 1.82) is 0 Å². The lowest BCUT2D eigenvalue weighted by atomic mass is 10.1. The first-order valence-electron chi connectivity index (χ1n) is 7.37. The molecule has 0 saturated heterocycles. The second kappa shape index (κ2) is 6.54. The molecule has 9 nitrogen and oxygen atoms in total. The van der Waals surface area contributed by atoms with Gasteiger partial charge < -0.3 is 15.8 Å². The molecule has 0 aliphatic carbocycles. The Morgan fingerprint density at radius 1 is 1.36 bits per heavy atom. The Morgan fingerprint density at radius 3 is 2.73 bits per heavy atom. The molecule has 2 aromatic rings. The van der Waals surface area contributed by atoms with Crippen molar-refractivity contribution >= 4 is 23.1 Å². The van der Waals surface area contributed by atoms with E-state index in [0.29, 0.717) is 0 Å². The van der Waals surface area contributed by atoms with Crippen LogP contribution in [0.2, 0.25) is 0 Å². The summed E-state index contributed by atoms with van der Waals surface area (Å²) >= 11 is 0. The average molecular weight is 308 g/mol. The number of hydrogen-bond acceptors (Lipinski definition) is 6. The Morgan fingerprint density at radius 2 is 2.09 bits per heavy atom. The van der Waals surface area contributed by atoms with E-state index >= 15 is 0 Å². The Kier molecular flexibility index (Phi) is 4.74. The molecule has 1 atom stereocenters. The molecule has 0 spiro atoms. The van der Waals surface area contributed by atoms with Crippen LogP contribution in [0.25, 0.3) is 11.2 Å². The Bertz CT molecular complexity index is 735. The number of nitrogens with one attached hydrogen (secondary N) is 1. The summed E-state index contributed by atoms with van der Waals surface area (Å²) < 4.78 is 1.40. The normalized spacial score (nSPS) is 12.6. The standard InChI is InChI=1S/C13H20N6O3/c1-3-4-5-6-7-8(2)18-10-9(15-13(18)19(21)22)11(20)17-12(14)16-10/h8H,3-7H2,1-2H3,(H3,14,16,17,20). The Balaban J connectivity index is 2.43. The molecule has 120 valence electrons. The number of fused-ring (bicyclic) bond motifs is 1. The molecule has 9 heteroatoms. The molecular weight excluding hydrogens is 288 g/mol. The fraction of sp³-hybridized carbons (Fsp3) is 0.615. The molecule has 2 rings (SSSR count). The number of unbranched alkanes of at least 4 members (excludes halogenated alkanes) is 3. The highest BCUT2D eigenvalue weighted by atomic mass is 16.6. The minimum atomic E-state index is -0.597. The number of imidazole rings is 1. The van der Waals surface area contributed by atoms with Gasteiger partial charge in [-0.05, 0) is 18.3 Å². The third kappa shape index (κ3) is 3.07. The maximum atomic E-state index is 11.8. The van der Waals surface area contributed by atoms with Crippen LogP contribution in [0, 0.1) is 10.1 Å². The van der Waals surface area contributed by atoms with Crippen LogP contribution in [-0.2, 0) is 0 Å². The molecule has 2 heterocycles. The third-order valence-corrected chi connectivity index (χ3v) is 3.63. The topological polar surface area (TPSA) is 133 Å². The van der Waals surface area contributed by atoms with Gasteiger partial charge in [0.1, 0.15) is 0 Å². The minimum absolute atomic E-state index is 0.0543. The van der Waals surface area contributed by atoms with Crippen molar-refractivity contribution in [1.82, 2.24) is 19.5 Å². The predicted octanol–water partition coefficient (Wildman–Crippen LogP) is 2.14. The van der Waals surface area contributed by atoms with E-state index in [1.165, 1.54) is 4.57 Å². The van der Waals surface area contributed by atoms with Crippen LogP contribution >= 0.6 is 0 Å².